The number of benzene rings is 1. The first-order valence-corrected chi connectivity index (χ1v) is 10.4. The summed E-state index contributed by atoms with van der Waals surface area (Å²) in [5, 5.41) is 3.96. The minimum atomic E-state index is -3.59. The van der Waals surface area contributed by atoms with Crippen molar-refractivity contribution in [2.45, 2.75) is 18.2 Å². The number of hydrogen-bond acceptors (Lipinski definition) is 7. The summed E-state index contributed by atoms with van der Waals surface area (Å²) >= 11 is 1.09. The third kappa shape index (κ3) is 3.57. The monoisotopic (exact) mass is 396 g/mol. The highest BCUT2D eigenvalue weighted by Gasteiger charge is 2.31. The lowest BCUT2D eigenvalue weighted by Crippen LogP contribution is -2.50. The van der Waals surface area contributed by atoms with Crippen molar-refractivity contribution in [3.63, 3.8) is 0 Å². The minimum absolute atomic E-state index is 0.127. The molecule has 0 radical (unpaired) electrons. The van der Waals surface area contributed by atoms with Crippen LogP contribution in [0, 0.1) is 0 Å². The Bertz CT molecular complexity index is 872. The maximum absolute atomic E-state index is 12.8. The van der Waals surface area contributed by atoms with Crippen LogP contribution in [0.15, 0.2) is 29.2 Å². The molecule has 1 aliphatic rings. The van der Waals surface area contributed by atoms with Gasteiger partial charge < -0.3 is 9.64 Å². The molecule has 1 aromatic heterocycles. The Morgan fingerprint density at radius 1 is 1.19 bits per heavy atom. The molecule has 3 rings (SSSR count). The van der Waals surface area contributed by atoms with Gasteiger partial charge in [0.1, 0.15) is 10.6 Å². The van der Waals surface area contributed by atoms with Gasteiger partial charge in [-0.2, -0.15) is 4.31 Å². The molecule has 1 aliphatic heterocycles. The van der Waals surface area contributed by atoms with Crippen LogP contribution in [0.3, 0.4) is 0 Å². The van der Waals surface area contributed by atoms with E-state index in [1.54, 1.807) is 17.0 Å². The molecule has 0 spiro atoms. The van der Waals surface area contributed by atoms with Gasteiger partial charge in [0.25, 0.3) is 5.91 Å². The highest BCUT2D eigenvalue weighted by Crippen LogP contribution is 2.22. The number of carbonyl (C=O) groups is 1. The van der Waals surface area contributed by atoms with Crippen LogP contribution in [-0.2, 0) is 16.4 Å². The van der Waals surface area contributed by atoms with Gasteiger partial charge in [0, 0.05) is 26.2 Å². The topological polar surface area (TPSA) is 92.7 Å². The second-order valence-corrected chi connectivity index (χ2v) is 8.47. The van der Waals surface area contributed by atoms with Crippen molar-refractivity contribution in [1.29, 1.82) is 0 Å². The molecular weight excluding hydrogens is 376 g/mol. The molecule has 0 aliphatic carbocycles. The summed E-state index contributed by atoms with van der Waals surface area (Å²) in [5.41, 5.74) is 0.688. The molecule has 8 nitrogen and oxygen atoms in total. The van der Waals surface area contributed by atoms with E-state index < -0.39 is 10.0 Å². The molecule has 0 unspecified atom stereocenters. The van der Waals surface area contributed by atoms with Crippen LogP contribution < -0.4 is 4.74 Å². The van der Waals surface area contributed by atoms with Crippen LogP contribution in [0.4, 0.5) is 0 Å². The number of piperazine rings is 1. The molecule has 2 heterocycles. The van der Waals surface area contributed by atoms with Gasteiger partial charge in [-0.05, 0) is 42.2 Å². The molecule has 1 fully saturated rings. The third-order valence-electron chi connectivity index (χ3n) is 4.31. The zero-order chi connectivity index (χ0) is 18.7. The van der Waals surface area contributed by atoms with Gasteiger partial charge in [-0.3, -0.25) is 4.79 Å². The summed E-state index contributed by atoms with van der Waals surface area (Å²) < 4.78 is 35.8. The minimum Gasteiger partial charge on any atom is -0.497 e. The lowest BCUT2D eigenvalue weighted by atomic mass is 10.2. The van der Waals surface area contributed by atoms with Gasteiger partial charge in [0.2, 0.25) is 10.0 Å². The summed E-state index contributed by atoms with van der Waals surface area (Å²) in [4.78, 5) is 15.0. The number of aromatic nitrogens is 2. The first-order valence-electron chi connectivity index (χ1n) is 8.22. The zero-order valence-corrected chi connectivity index (χ0v) is 16.2. The van der Waals surface area contributed by atoms with E-state index in [-0.39, 0.29) is 23.9 Å². The number of sulfonamides is 1. The van der Waals surface area contributed by atoms with E-state index in [0.717, 1.165) is 11.5 Å². The van der Waals surface area contributed by atoms with Crippen LogP contribution in [0.25, 0.3) is 0 Å². The van der Waals surface area contributed by atoms with Gasteiger partial charge in [-0.15, -0.1) is 5.10 Å². The number of amides is 1. The second-order valence-electron chi connectivity index (χ2n) is 5.77. The highest BCUT2D eigenvalue weighted by atomic mass is 32.2. The summed E-state index contributed by atoms with van der Waals surface area (Å²) in [6.07, 6.45) is 0.642. The van der Waals surface area contributed by atoms with Crippen LogP contribution in [0.5, 0.6) is 5.75 Å². The Morgan fingerprint density at radius 3 is 2.42 bits per heavy atom. The number of aryl methyl sites for hydroxylation is 1. The van der Waals surface area contributed by atoms with E-state index >= 15 is 0 Å². The SMILES string of the molecule is CCc1nnsc1C(=O)N1CCN(S(=O)(=O)c2ccc(OC)cc2)CC1. The predicted octanol–water partition coefficient (Wildman–Crippen LogP) is 1.26. The van der Waals surface area contributed by atoms with E-state index in [2.05, 4.69) is 9.59 Å². The normalized spacial score (nSPS) is 15.8. The molecule has 10 heteroatoms. The number of ether oxygens (including phenoxy) is 1. The average Bonchev–Trinajstić information content (AvgIpc) is 3.16. The molecule has 26 heavy (non-hydrogen) atoms. The summed E-state index contributed by atoms with van der Waals surface area (Å²) in [6, 6.07) is 6.30. The molecular formula is C16H20N4O4S2. The Kier molecular flexibility index (Phi) is 5.54. The van der Waals surface area contributed by atoms with Crippen molar-refractivity contribution in [3.05, 3.63) is 34.8 Å². The molecule has 140 valence electrons. The number of methoxy groups -OCH3 is 1. The molecule has 1 saturated heterocycles. The van der Waals surface area contributed by atoms with Crippen molar-refractivity contribution < 1.29 is 17.9 Å². The molecule has 0 saturated carbocycles. The highest BCUT2D eigenvalue weighted by molar-refractivity contribution is 7.89. The maximum atomic E-state index is 12.8. The zero-order valence-electron chi connectivity index (χ0n) is 14.6. The van der Waals surface area contributed by atoms with E-state index in [4.69, 9.17) is 4.74 Å². The van der Waals surface area contributed by atoms with Gasteiger partial charge in [-0.1, -0.05) is 11.4 Å². The van der Waals surface area contributed by atoms with E-state index in [0.29, 0.717) is 35.8 Å². The number of carbonyl (C=O) groups excluding carboxylic acids is 1. The van der Waals surface area contributed by atoms with Crippen LogP contribution in [0.2, 0.25) is 0 Å². The smallest absolute Gasteiger partial charge is 0.267 e. The third-order valence-corrected chi connectivity index (χ3v) is 6.98. The Hall–Kier alpha value is -2.04. The van der Waals surface area contributed by atoms with Gasteiger partial charge >= 0.3 is 0 Å². The number of rotatable bonds is 5. The van der Waals surface area contributed by atoms with Crippen molar-refractivity contribution in [3.8, 4) is 5.75 Å². The fourth-order valence-corrected chi connectivity index (χ4v) is 4.92. The van der Waals surface area contributed by atoms with Gasteiger partial charge in [0.15, 0.2) is 0 Å². The first kappa shape index (κ1) is 18.7. The van der Waals surface area contributed by atoms with Crippen LogP contribution in [0.1, 0.15) is 22.3 Å². The Balaban J connectivity index is 1.68. The molecule has 1 amide bonds. The quantitative estimate of drug-likeness (QED) is 0.755. The summed E-state index contributed by atoms with van der Waals surface area (Å²) in [5.74, 6) is 0.475. The fraction of sp³-hybridized carbons (Fsp3) is 0.438. The van der Waals surface area contributed by atoms with Crippen LogP contribution in [-0.4, -0.2) is 66.4 Å². The first-order chi connectivity index (χ1) is 12.5. The van der Waals surface area contributed by atoms with E-state index in [1.165, 1.54) is 23.5 Å². The number of hydrogen-bond donors (Lipinski definition) is 0. The van der Waals surface area contributed by atoms with E-state index in [9.17, 15) is 13.2 Å². The van der Waals surface area contributed by atoms with Gasteiger partial charge in [-0.25, -0.2) is 8.42 Å². The molecule has 0 atom stereocenters. The second kappa shape index (κ2) is 7.68. The fourth-order valence-electron chi connectivity index (χ4n) is 2.77. The van der Waals surface area contributed by atoms with Crippen molar-refractivity contribution in [2.24, 2.45) is 0 Å². The van der Waals surface area contributed by atoms with Crippen molar-refractivity contribution >= 4 is 27.5 Å². The van der Waals surface area contributed by atoms with Gasteiger partial charge in [0.05, 0.1) is 17.7 Å². The number of nitrogens with zero attached hydrogens (tertiary/aromatic N) is 4. The standard InChI is InChI=1S/C16H20N4O4S2/c1-3-14-15(25-18-17-14)16(21)19-8-10-20(11-9-19)26(22,23)13-6-4-12(24-2)5-7-13/h4-7H,3,8-11H2,1-2H3. The molecule has 2 aromatic rings. The lowest BCUT2D eigenvalue weighted by molar-refractivity contribution is 0.0701. The van der Waals surface area contributed by atoms with Crippen molar-refractivity contribution in [2.75, 3.05) is 33.3 Å². The van der Waals surface area contributed by atoms with Crippen LogP contribution >= 0.6 is 11.5 Å². The Labute approximate surface area is 156 Å². The average molecular weight is 396 g/mol. The Morgan fingerprint density at radius 2 is 1.85 bits per heavy atom. The predicted molar refractivity (Wildman–Crippen MR) is 96.9 cm³/mol. The molecule has 0 N–H and O–H groups in total. The lowest BCUT2D eigenvalue weighted by Gasteiger charge is -2.33. The van der Waals surface area contributed by atoms with Crippen molar-refractivity contribution in [1.82, 2.24) is 18.8 Å². The molecule has 1 aromatic carbocycles. The molecule has 0 bridgehead atoms. The summed E-state index contributed by atoms with van der Waals surface area (Å²) in [7, 11) is -2.05. The summed E-state index contributed by atoms with van der Waals surface area (Å²) in [6.45, 7) is 3.12. The largest absolute Gasteiger partial charge is 0.497 e. The van der Waals surface area contributed by atoms with E-state index in [1.807, 2.05) is 6.92 Å². The maximum Gasteiger partial charge on any atom is 0.267 e.